The summed E-state index contributed by atoms with van der Waals surface area (Å²) in [4.78, 5) is 4.41. The van der Waals surface area contributed by atoms with Crippen LogP contribution < -0.4 is 5.32 Å². The third-order valence-electron chi connectivity index (χ3n) is 5.14. The Bertz CT molecular complexity index is 863. The molecular weight excluding hydrogens is 318 g/mol. The number of rotatable bonds is 5. The van der Waals surface area contributed by atoms with Gasteiger partial charge in [0.1, 0.15) is 0 Å². The Balaban J connectivity index is 0.00000210. The van der Waals surface area contributed by atoms with Gasteiger partial charge in [-0.3, -0.25) is 4.98 Å². The molecule has 1 fully saturated rings. The fraction of sp³-hybridized carbons (Fsp3) is 0.217. The predicted molar refractivity (Wildman–Crippen MR) is 109 cm³/mol. The van der Waals surface area contributed by atoms with Crippen LogP contribution in [0.4, 0.5) is 5.69 Å². The summed E-state index contributed by atoms with van der Waals surface area (Å²) in [5.41, 5.74) is 5.39. The molecule has 1 aromatic heterocycles. The number of benzene rings is 2. The first-order valence-electron chi connectivity index (χ1n) is 9.19. The molecule has 3 heteroatoms. The number of aromatic nitrogens is 1. The lowest BCUT2D eigenvalue weighted by Gasteiger charge is -2.22. The lowest BCUT2D eigenvalue weighted by atomic mass is 9.93. The van der Waals surface area contributed by atoms with Gasteiger partial charge in [0.15, 0.2) is 0 Å². The molecule has 4 rings (SSSR count). The van der Waals surface area contributed by atoms with E-state index in [1.165, 1.54) is 5.56 Å². The van der Waals surface area contributed by atoms with Crippen LogP contribution in [0.1, 0.15) is 19.8 Å². The number of para-hydroxylation sites is 1. The van der Waals surface area contributed by atoms with Crippen molar-refractivity contribution >= 4 is 11.4 Å². The molecule has 26 heavy (non-hydrogen) atoms. The van der Waals surface area contributed by atoms with Crippen LogP contribution in [-0.2, 0) is 6.42 Å². The second-order valence-electron chi connectivity index (χ2n) is 6.93. The predicted octanol–water partition coefficient (Wildman–Crippen LogP) is 5.31. The maximum Gasteiger partial charge on any atom is 1.00 e. The molecule has 0 radical (unpaired) electrons. The first kappa shape index (κ1) is 16.5. The first-order valence-corrected chi connectivity index (χ1v) is 9.19. The van der Waals surface area contributed by atoms with Crippen molar-refractivity contribution in [1.29, 1.82) is 5.41 Å². The van der Waals surface area contributed by atoms with Crippen LogP contribution in [0.2, 0.25) is 0 Å². The minimum absolute atomic E-state index is 0. The van der Waals surface area contributed by atoms with Crippen molar-refractivity contribution in [2.45, 2.75) is 25.3 Å². The van der Waals surface area contributed by atoms with Gasteiger partial charge in [-0.15, -0.1) is 0 Å². The average molecular weight is 342 g/mol. The molecule has 2 atom stereocenters. The number of nitrogens with zero attached hydrogens (tertiary/aromatic N) is 1. The van der Waals surface area contributed by atoms with Crippen LogP contribution in [0.3, 0.4) is 0 Å². The quantitative estimate of drug-likeness (QED) is 0.660. The van der Waals surface area contributed by atoms with E-state index >= 15 is 0 Å². The Kier molecular flexibility index (Phi) is 4.78. The van der Waals surface area contributed by atoms with E-state index in [2.05, 4.69) is 46.7 Å². The van der Waals surface area contributed by atoms with Crippen molar-refractivity contribution in [2.75, 3.05) is 5.32 Å². The molecule has 1 heterocycles. The molecule has 0 spiro atoms. The van der Waals surface area contributed by atoms with E-state index in [1.54, 1.807) is 0 Å². The van der Waals surface area contributed by atoms with Gasteiger partial charge in [0.25, 0.3) is 0 Å². The van der Waals surface area contributed by atoms with Gasteiger partial charge >= 0.3 is 1.43 Å². The summed E-state index contributed by atoms with van der Waals surface area (Å²) in [5, 5.41) is 11.9. The van der Waals surface area contributed by atoms with Crippen LogP contribution in [0.15, 0.2) is 79.0 Å². The van der Waals surface area contributed by atoms with Crippen LogP contribution in [0.25, 0.3) is 11.3 Å². The Morgan fingerprint density at radius 1 is 0.962 bits per heavy atom. The molecule has 0 bridgehead atoms. The first-order chi connectivity index (χ1) is 12.8. The minimum atomic E-state index is 0. The molecule has 2 unspecified atom stereocenters. The Hall–Kier alpha value is -2.94. The summed E-state index contributed by atoms with van der Waals surface area (Å²) >= 11 is 0. The average Bonchev–Trinajstić information content (AvgIpc) is 3.03. The zero-order valence-corrected chi connectivity index (χ0v) is 14.7. The summed E-state index contributed by atoms with van der Waals surface area (Å²) in [5.74, 6) is 0.461. The maximum absolute atomic E-state index is 8.33. The summed E-state index contributed by atoms with van der Waals surface area (Å²) < 4.78 is 0. The molecule has 0 amide bonds. The van der Waals surface area contributed by atoms with Gasteiger partial charge in [-0.1, -0.05) is 48.5 Å². The number of hydrogen-bond donors (Lipinski definition) is 2. The van der Waals surface area contributed by atoms with Crippen molar-refractivity contribution in [3.63, 3.8) is 0 Å². The molecule has 3 nitrogen and oxygen atoms in total. The Morgan fingerprint density at radius 2 is 1.73 bits per heavy atom. The third kappa shape index (κ3) is 3.67. The van der Waals surface area contributed by atoms with Crippen molar-refractivity contribution < 1.29 is 1.43 Å². The highest BCUT2D eigenvalue weighted by molar-refractivity contribution is 5.91. The molecule has 0 saturated heterocycles. The van der Waals surface area contributed by atoms with Crippen molar-refractivity contribution in [2.24, 2.45) is 5.92 Å². The molecule has 130 valence electrons. The van der Waals surface area contributed by atoms with E-state index < -0.39 is 0 Å². The monoisotopic (exact) mass is 342 g/mol. The molecule has 3 aromatic rings. The molecule has 2 N–H and O–H groups in total. The van der Waals surface area contributed by atoms with Gasteiger partial charge in [-0.2, -0.15) is 0 Å². The zero-order chi connectivity index (χ0) is 17.8. The molecular formula is C23H24N3+. The van der Waals surface area contributed by atoms with Gasteiger partial charge in [0, 0.05) is 23.2 Å². The van der Waals surface area contributed by atoms with Crippen molar-refractivity contribution in [3.8, 4) is 11.3 Å². The van der Waals surface area contributed by atoms with E-state index in [9.17, 15) is 0 Å². The number of nitrogens with one attached hydrogen (secondary N) is 2. The summed E-state index contributed by atoms with van der Waals surface area (Å²) in [6.07, 6.45) is 4.79. The normalized spacial score (nSPS) is 19.5. The third-order valence-corrected chi connectivity index (χ3v) is 5.14. The van der Waals surface area contributed by atoms with E-state index in [1.807, 2.05) is 42.6 Å². The van der Waals surface area contributed by atoms with Crippen molar-refractivity contribution in [3.05, 3.63) is 84.6 Å². The maximum atomic E-state index is 8.33. The number of pyridine rings is 1. The highest BCUT2D eigenvalue weighted by Crippen LogP contribution is 2.30. The SMILES string of the molecule is N=C1CCC(Cc2ccc(-c3ccccn3)cc2)C1Nc1ccccc1.[H+]. The zero-order valence-electron chi connectivity index (χ0n) is 15.7. The number of hydrogen-bond acceptors (Lipinski definition) is 3. The van der Waals surface area contributed by atoms with Crippen LogP contribution in [0.5, 0.6) is 0 Å². The van der Waals surface area contributed by atoms with Gasteiger partial charge in [0.05, 0.1) is 11.7 Å². The Labute approximate surface area is 156 Å². The number of anilines is 1. The van der Waals surface area contributed by atoms with E-state index in [0.717, 1.165) is 41.9 Å². The highest BCUT2D eigenvalue weighted by atomic mass is 14.9. The standard InChI is InChI=1S/C23H23N3/c24-21-14-13-19(23(21)26-20-6-2-1-3-7-20)16-17-9-11-18(12-10-17)22-8-4-5-15-25-22/h1-12,15,19,23-24,26H,13-14,16H2/p+1. The largest absolute Gasteiger partial charge is 1.00 e. The summed E-state index contributed by atoms with van der Waals surface area (Å²) in [7, 11) is 0. The summed E-state index contributed by atoms with van der Waals surface area (Å²) in [6, 6.07) is 25.1. The van der Waals surface area contributed by atoms with Gasteiger partial charge in [-0.05, 0) is 55.0 Å². The van der Waals surface area contributed by atoms with Gasteiger partial charge in [-0.25, -0.2) is 0 Å². The molecule has 0 aliphatic heterocycles. The van der Waals surface area contributed by atoms with E-state index in [-0.39, 0.29) is 7.47 Å². The highest BCUT2D eigenvalue weighted by Gasteiger charge is 2.31. The Morgan fingerprint density at radius 3 is 2.46 bits per heavy atom. The summed E-state index contributed by atoms with van der Waals surface area (Å²) in [6.45, 7) is 0. The van der Waals surface area contributed by atoms with Crippen LogP contribution in [-0.4, -0.2) is 16.7 Å². The lowest BCUT2D eigenvalue weighted by molar-refractivity contribution is 0.523. The topological polar surface area (TPSA) is 48.8 Å². The molecule has 1 saturated carbocycles. The van der Waals surface area contributed by atoms with E-state index in [4.69, 9.17) is 5.41 Å². The van der Waals surface area contributed by atoms with Gasteiger partial charge in [0.2, 0.25) is 0 Å². The van der Waals surface area contributed by atoms with Crippen LogP contribution >= 0.6 is 0 Å². The second-order valence-corrected chi connectivity index (χ2v) is 6.93. The van der Waals surface area contributed by atoms with E-state index in [0.29, 0.717) is 5.92 Å². The van der Waals surface area contributed by atoms with Crippen LogP contribution in [0, 0.1) is 11.3 Å². The smallest absolute Gasteiger partial charge is 0.377 e. The molecule has 2 aromatic carbocycles. The second kappa shape index (κ2) is 7.52. The molecule has 1 aliphatic rings. The minimum Gasteiger partial charge on any atom is -0.377 e. The molecule has 1 aliphatic carbocycles. The fourth-order valence-electron chi connectivity index (χ4n) is 3.73. The lowest BCUT2D eigenvalue weighted by Crippen LogP contribution is -2.31. The fourth-order valence-corrected chi connectivity index (χ4v) is 3.73. The van der Waals surface area contributed by atoms with Gasteiger partial charge < -0.3 is 10.7 Å². The van der Waals surface area contributed by atoms with Crippen molar-refractivity contribution in [1.82, 2.24) is 4.98 Å².